The first-order valence-corrected chi connectivity index (χ1v) is 7.15. The molecule has 0 saturated carbocycles. The molecule has 5 heteroatoms. The molecule has 2 heterocycles. The van der Waals surface area contributed by atoms with Crippen molar-refractivity contribution in [1.82, 2.24) is 9.55 Å². The highest BCUT2D eigenvalue weighted by molar-refractivity contribution is 9.10. The van der Waals surface area contributed by atoms with Gasteiger partial charge in [-0.3, -0.25) is 0 Å². The first-order chi connectivity index (χ1) is 9.20. The number of methoxy groups -OCH3 is 1. The molecule has 1 aliphatic rings. The van der Waals surface area contributed by atoms with E-state index in [0.29, 0.717) is 0 Å². The van der Waals surface area contributed by atoms with E-state index < -0.39 is 0 Å². The zero-order valence-electron chi connectivity index (χ0n) is 11.0. The van der Waals surface area contributed by atoms with Crippen molar-refractivity contribution >= 4 is 21.9 Å². The van der Waals surface area contributed by atoms with Crippen LogP contribution >= 0.6 is 15.9 Å². The number of halogens is 1. The van der Waals surface area contributed by atoms with Crippen LogP contribution in [0, 0.1) is 6.92 Å². The SMILES string of the molecule is COc1ccc(-c2nc3n(c2Br)CCCN3)cc1C. The van der Waals surface area contributed by atoms with Crippen LogP contribution in [0.2, 0.25) is 0 Å². The van der Waals surface area contributed by atoms with Crippen molar-refractivity contribution in [1.29, 1.82) is 0 Å². The van der Waals surface area contributed by atoms with Gasteiger partial charge in [-0.15, -0.1) is 0 Å². The zero-order chi connectivity index (χ0) is 13.4. The number of rotatable bonds is 2. The maximum absolute atomic E-state index is 5.30. The fraction of sp³-hybridized carbons (Fsp3) is 0.357. The van der Waals surface area contributed by atoms with Crippen LogP contribution in [0.1, 0.15) is 12.0 Å². The van der Waals surface area contributed by atoms with Gasteiger partial charge in [0, 0.05) is 18.7 Å². The summed E-state index contributed by atoms with van der Waals surface area (Å²) in [7, 11) is 1.69. The number of nitrogens with zero attached hydrogens (tertiary/aromatic N) is 2. The Bertz CT molecular complexity index is 621. The topological polar surface area (TPSA) is 39.1 Å². The maximum atomic E-state index is 5.30. The second kappa shape index (κ2) is 4.89. The van der Waals surface area contributed by atoms with Crippen LogP contribution in [0.25, 0.3) is 11.3 Å². The molecule has 0 unspecified atom stereocenters. The minimum absolute atomic E-state index is 0.905. The summed E-state index contributed by atoms with van der Waals surface area (Å²) < 4.78 is 8.52. The van der Waals surface area contributed by atoms with Crippen molar-refractivity contribution in [3.05, 3.63) is 28.4 Å². The van der Waals surface area contributed by atoms with Gasteiger partial charge in [-0.05, 0) is 53.0 Å². The van der Waals surface area contributed by atoms with E-state index in [1.807, 2.05) is 19.1 Å². The molecule has 4 nitrogen and oxygen atoms in total. The molecule has 1 aliphatic heterocycles. The van der Waals surface area contributed by atoms with Gasteiger partial charge >= 0.3 is 0 Å². The minimum Gasteiger partial charge on any atom is -0.496 e. The van der Waals surface area contributed by atoms with Gasteiger partial charge in [-0.25, -0.2) is 4.98 Å². The van der Waals surface area contributed by atoms with Crippen molar-refractivity contribution < 1.29 is 4.74 Å². The molecular weight excluding hydrogens is 306 g/mol. The third-order valence-corrected chi connectivity index (χ3v) is 4.22. The van der Waals surface area contributed by atoms with E-state index >= 15 is 0 Å². The molecule has 0 amide bonds. The van der Waals surface area contributed by atoms with Gasteiger partial charge in [0.05, 0.1) is 7.11 Å². The normalized spacial score (nSPS) is 13.8. The largest absolute Gasteiger partial charge is 0.496 e. The molecule has 1 aromatic heterocycles. The van der Waals surface area contributed by atoms with E-state index in [2.05, 4.69) is 36.9 Å². The quantitative estimate of drug-likeness (QED) is 0.920. The van der Waals surface area contributed by atoms with Crippen molar-refractivity contribution in [2.75, 3.05) is 19.0 Å². The molecule has 0 saturated heterocycles. The molecule has 100 valence electrons. The lowest BCUT2D eigenvalue weighted by atomic mass is 10.1. The molecule has 0 spiro atoms. The van der Waals surface area contributed by atoms with Crippen LogP contribution in [0.15, 0.2) is 22.8 Å². The summed E-state index contributed by atoms with van der Waals surface area (Å²) >= 11 is 3.66. The highest BCUT2D eigenvalue weighted by atomic mass is 79.9. The average molecular weight is 322 g/mol. The predicted molar refractivity (Wildman–Crippen MR) is 79.8 cm³/mol. The average Bonchev–Trinajstić information content (AvgIpc) is 2.77. The highest BCUT2D eigenvalue weighted by Crippen LogP contribution is 2.34. The van der Waals surface area contributed by atoms with Gasteiger partial charge in [0.15, 0.2) is 0 Å². The van der Waals surface area contributed by atoms with E-state index in [9.17, 15) is 0 Å². The maximum Gasteiger partial charge on any atom is 0.204 e. The smallest absolute Gasteiger partial charge is 0.204 e. The zero-order valence-corrected chi connectivity index (χ0v) is 12.6. The molecule has 0 fully saturated rings. The Morgan fingerprint density at radius 1 is 1.42 bits per heavy atom. The Hall–Kier alpha value is -1.49. The van der Waals surface area contributed by atoms with Crippen LogP contribution < -0.4 is 10.1 Å². The molecular formula is C14H16BrN3O. The Morgan fingerprint density at radius 2 is 2.26 bits per heavy atom. The summed E-state index contributed by atoms with van der Waals surface area (Å²) in [5, 5.41) is 3.33. The number of aromatic nitrogens is 2. The molecule has 0 atom stereocenters. The summed E-state index contributed by atoms with van der Waals surface area (Å²) in [6.45, 7) is 4.04. The lowest BCUT2D eigenvalue weighted by Crippen LogP contribution is -2.17. The van der Waals surface area contributed by atoms with Crippen LogP contribution in [-0.2, 0) is 6.54 Å². The van der Waals surface area contributed by atoms with Crippen molar-refractivity contribution in [3.8, 4) is 17.0 Å². The summed E-state index contributed by atoms with van der Waals surface area (Å²) in [6.07, 6.45) is 1.13. The van der Waals surface area contributed by atoms with Crippen molar-refractivity contribution in [2.45, 2.75) is 19.9 Å². The minimum atomic E-state index is 0.905. The Labute approximate surface area is 120 Å². The Balaban J connectivity index is 2.07. The standard InChI is InChI=1S/C14H16BrN3O/c1-9-8-10(4-5-11(9)19-2)12-13(15)18-7-3-6-16-14(18)17-12/h4-5,8H,3,6-7H2,1-2H3,(H,16,17). The van der Waals surface area contributed by atoms with E-state index in [1.165, 1.54) is 0 Å². The van der Waals surface area contributed by atoms with Gasteiger partial charge in [0.2, 0.25) is 5.95 Å². The van der Waals surface area contributed by atoms with Crippen LogP contribution in [0.5, 0.6) is 5.75 Å². The number of hydrogen-bond donors (Lipinski definition) is 1. The molecule has 1 N–H and O–H groups in total. The number of fused-ring (bicyclic) bond motifs is 1. The van der Waals surface area contributed by atoms with Gasteiger partial charge in [0.1, 0.15) is 16.0 Å². The number of aryl methyl sites for hydroxylation is 1. The van der Waals surface area contributed by atoms with E-state index in [1.54, 1.807) is 7.11 Å². The lowest BCUT2D eigenvalue weighted by molar-refractivity contribution is 0.412. The van der Waals surface area contributed by atoms with Crippen molar-refractivity contribution in [3.63, 3.8) is 0 Å². The summed E-state index contributed by atoms with van der Waals surface area (Å²) in [5.41, 5.74) is 3.20. The van der Waals surface area contributed by atoms with Crippen LogP contribution in [0.4, 0.5) is 5.95 Å². The third kappa shape index (κ3) is 2.12. The fourth-order valence-electron chi connectivity index (χ4n) is 2.42. The van der Waals surface area contributed by atoms with E-state index in [0.717, 1.165) is 52.6 Å². The molecule has 3 rings (SSSR count). The number of anilines is 1. The van der Waals surface area contributed by atoms with E-state index in [4.69, 9.17) is 4.74 Å². The van der Waals surface area contributed by atoms with Gasteiger partial charge in [-0.1, -0.05) is 0 Å². The first kappa shape index (κ1) is 12.5. The molecule has 1 aromatic carbocycles. The predicted octanol–water partition coefficient (Wildman–Crippen LogP) is 3.45. The number of ether oxygens (including phenoxy) is 1. The number of imidazole rings is 1. The van der Waals surface area contributed by atoms with Gasteiger partial charge in [-0.2, -0.15) is 0 Å². The summed E-state index contributed by atoms with van der Waals surface area (Å²) in [6, 6.07) is 6.14. The first-order valence-electron chi connectivity index (χ1n) is 6.35. The van der Waals surface area contributed by atoms with Crippen molar-refractivity contribution in [2.24, 2.45) is 0 Å². The molecule has 0 aliphatic carbocycles. The highest BCUT2D eigenvalue weighted by Gasteiger charge is 2.19. The molecule has 0 bridgehead atoms. The Morgan fingerprint density at radius 3 is 2.95 bits per heavy atom. The molecule has 0 radical (unpaired) electrons. The molecule has 2 aromatic rings. The molecule has 19 heavy (non-hydrogen) atoms. The third-order valence-electron chi connectivity index (χ3n) is 3.42. The second-order valence-electron chi connectivity index (χ2n) is 4.69. The monoisotopic (exact) mass is 321 g/mol. The van der Waals surface area contributed by atoms with Crippen LogP contribution in [0.3, 0.4) is 0 Å². The fourth-order valence-corrected chi connectivity index (χ4v) is 3.08. The number of benzene rings is 1. The van der Waals surface area contributed by atoms with Gasteiger partial charge < -0.3 is 14.6 Å². The lowest BCUT2D eigenvalue weighted by Gasteiger charge is -2.15. The van der Waals surface area contributed by atoms with Crippen LogP contribution in [-0.4, -0.2) is 23.2 Å². The number of nitrogens with one attached hydrogen (secondary N) is 1. The second-order valence-corrected chi connectivity index (χ2v) is 5.44. The van der Waals surface area contributed by atoms with Gasteiger partial charge in [0.25, 0.3) is 0 Å². The Kier molecular flexibility index (Phi) is 3.22. The van der Waals surface area contributed by atoms with E-state index in [-0.39, 0.29) is 0 Å². The summed E-state index contributed by atoms with van der Waals surface area (Å²) in [5.74, 6) is 1.85. The summed E-state index contributed by atoms with van der Waals surface area (Å²) in [4.78, 5) is 4.68. The number of hydrogen-bond acceptors (Lipinski definition) is 3.